The highest BCUT2D eigenvalue weighted by atomic mass is 16.2. The fraction of sp³-hybridized carbons (Fsp3) is 0.0833. The van der Waals surface area contributed by atoms with Crippen LogP contribution in [0, 0.1) is 0 Å². The minimum Gasteiger partial charge on any atom is -0.355 e. The van der Waals surface area contributed by atoms with E-state index in [0.717, 1.165) is 22.3 Å². The predicted octanol–water partition coefficient (Wildman–Crippen LogP) is 4.04. The summed E-state index contributed by atoms with van der Waals surface area (Å²) in [4.78, 5) is 23.8. The van der Waals surface area contributed by atoms with E-state index in [1.807, 2.05) is 48.5 Å². The lowest BCUT2D eigenvalue weighted by Gasteiger charge is -2.05. The average Bonchev–Trinajstić information content (AvgIpc) is 2.76. The second-order valence-electron chi connectivity index (χ2n) is 6.32. The number of benzene rings is 3. The molecule has 0 atom stereocenters. The van der Waals surface area contributed by atoms with Crippen molar-refractivity contribution < 1.29 is 9.59 Å². The van der Waals surface area contributed by atoms with Crippen molar-refractivity contribution in [2.24, 2.45) is 0 Å². The minimum atomic E-state index is -0.185. The Balaban J connectivity index is 1.61. The van der Waals surface area contributed by atoms with E-state index in [1.165, 1.54) is 6.08 Å². The van der Waals surface area contributed by atoms with Crippen molar-refractivity contribution in [3.63, 3.8) is 0 Å². The number of hydrogen-bond donors (Lipinski definition) is 2. The number of rotatable bonds is 6. The number of amides is 2. The largest absolute Gasteiger partial charge is 0.355 e. The van der Waals surface area contributed by atoms with Gasteiger partial charge in [-0.1, -0.05) is 60.7 Å². The molecular weight excluding hydrogens is 348 g/mol. The smallest absolute Gasteiger partial charge is 0.251 e. The Bertz CT molecular complexity index is 994. The van der Waals surface area contributed by atoms with Crippen LogP contribution in [-0.2, 0) is 11.3 Å². The Morgan fingerprint density at radius 1 is 0.857 bits per heavy atom. The van der Waals surface area contributed by atoms with E-state index < -0.39 is 0 Å². The average molecular weight is 370 g/mol. The Morgan fingerprint density at radius 3 is 2.39 bits per heavy atom. The summed E-state index contributed by atoms with van der Waals surface area (Å²) < 4.78 is 0. The topological polar surface area (TPSA) is 58.2 Å². The third-order valence-corrected chi connectivity index (χ3v) is 4.30. The lowest BCUT2D eigenvalue weighted by Crippen LogP contribution is -2.21. The molecule has 0 radical (unpaired) electrons. The molecule has 0 aromatic heterocycles. The standard InChI is InChI=1S/C24H22N2O2/c1-25-24(28)22-12-6-8-19(16-22)17-26-23(27)14-13-18-7-5-11-21(15-18)20-9-3-2-4-10-20/h2-16H,17H2,1H3,(H,25,28)(H,26,27)/b14-13+. The third-order valence-electron chi connectivity index (χ3n) is 4.30. The molecule has 2 amide bonds. The van der Waals surface area contributed by atoms with Crippen molar-refractivity contribution in [2.45, 2.75) is 6.54 Å². The Kier molecular flexibility index (Phi) is 6.37. The van der Waals surface area contributed by atoms with Crippen molar-refractivity contribution in [1.82, 2.24) is 10.6 Å². The highest BCUT2D eigenvalue weighted by Gasteiger charge is 2.04. The summed E-state index contributed by atoms with van der Waals surface area (Å²) in [6.45, 7) is 0.359. The van der Waals surface area contributed by atoms with Gasteiger partial charge in [-0.3, -0.25) is 9.59 Å². The first kappa shape index (κ1) is 19.1. The fourth-order valence-corrected chi connectivity index (χ4v) is 2.84. The molecule has 3 rings (SSSR count). The molecule has 0 fully saturated rings. The first-order valence-corrected chi connectivity index (χ1v) is 9.08. The quantitative estimate of drug-likeness (QED) is 0.643. The zero-order valence-electron chi connectivity index (χ0n) is 15.7. The van der Waals surface area contributed by atoms with Crippen molar-refractivity contribution in [3.8, 4) is 11.1 Å². The molecule has 0 unspecified atom stereocenters. The van der Waals surface area contributed by atoms with Crippen LogP contribution in [0.1, 0.15) is 21.5 Å². The molecule has 4 heteroatoms. The van der Waals surface area contributed by atoms with Crippen molar-refractivity contribution >= 4 is 17.9 Å². The highest BCUT2D eigenvalue weighted by molar-refractivity contribution is 5.94. The fourth-order valence-electron chi connectivity index (χ4n) is 2.84. The Hall–Kier alpha value is -3.66. The molecular formula is C24H22N2O2. The summed E-state index contributed by atoms with van der Waals surface area (Å²) in [5.41, 5.74) is 4.64. The third kappa shape index (κ3) is 5.17. The van der Waals surface area contributed by atoms with Gasteiger partial charge in [-0.2, -0.15) is 0 Å². The van der Waals surface area contributed by atoms with Crippen molar-refractivity contribution in [3.05, 3.63) is 102 Å². The summed E-state index contributed by atoms with van der Waals surface area (Å²) >= 11 is 0. The van der Waals surface area contributed by atoms with E-state index in [0.29, 0.717) is 12.1 Å². The van der Waals surface area contributed by atoms with E-state index >= 15 is 0 Å². The molecule has 3 aromatic rings. The van der Waals surface area contributed by atoms with Gasteiger partial charge in [-0.25, -0.2) is 0 Å². The van der Waals surface area contributed by atoms with E-state index in [1.54, 1.807) is 31.3 Å². The van der Waals surface area contributed by atoms with Crippen molar-refractivity contribution in [1.29, 1.82) is 0 Å². The van der Waals surface area contributed by atoms with Crippen LogP contribution in [0.25, 0.3) is 17.2 Å². The summed E-state index contributed by atoms with van der Waals surface area (Å²) in [6, 6.07) is 25.3. The van der Waals surface area contributed by atoms with E-state index in [4.69, 9.17) is 0 Å². The van der Waals surface area contributed by atoms with Gasteiger partial charge in [0.2, 0.25) is 5.91 Å². The van der Waals surface area contributed by atoms with Crippen LogP contribution >= 0.6 is 0 Å². The zero-order chi connectivity index (χ0) is 19.8. The van der Waals surface area contributed by atoms with Gasteiger partial charge in [0.25, 0.3) is 5.91 Å². The first-order valence-electron chi connectivity index (χ1n) is 9.08. The maximum atomic E-state index is 12.1. The summed E-state index contributed by atoms with van der Waals surface area (Å²) in [5, 5.41) is 5.43. The van der Waals surface area contributed by atoms with E-state index in [2.05, 4.69) is 22.8 Å². The van der Waals surface area contributed by atoms with Crippen LogP contribution in [0.3, 0.4) is 0 Å². The van der Waals surface area contributed by atoms with E-state index in [-0.39, 0.29) is 11.8 Å². The minimum absolute atomic E-state index is 0.147. The number of carbonyl (C=O) groups is 2. The van der Waals surface area contributed by atoms with Gasteiger partial charge < -0.3 is 10.6 Å². The van der Waals surface area contributed by atoms with Gasteiger partial charge in [0.15, 0.2) is 0 Å². The van der Waals surface area contributed by atoms with Crippen LogP contribution < -0.4 is 10.6 Å². The second kappa shape index (κ2) is 9.33. The number of hydrogen-bond acceptors (Lipinski definition) is 2. The molecule has 0 aliphatic rings. The lowest BCUT2D eigenvalue weighted by atomic mass is 10.0. The monoisotopic (exact) mass is 370 g/mol. The SMILES string of the molecule is CNC(=O)c1cccc(CNC(=O)/C=C/c2cccc(-c3ccccc3)c2)c1. The molecule has 0 aliphatic heterocycles. The molecule has 0 heterocycles. The van der Waals surface area contributed by atoms with Gasteiger partial charge in [-0.05, 0) is 46.5 Å². The number of nitrogens with one attached hydrogen (secondary N) is 2. The molecule has 0 spiro atoms. The summed E-state index contributed by atoms with van der Waals surface area (Å²) in [5.74, 6) is -0.332. The van der Waals surface area contributed by atoms with Crippen LogP contribution in [0.5, 0.6) is 0 Å². The van der Waals surface area contributed by atoms with Crippen molar-refractivity contribution in [2.75, 3.05) is 7.05 Å². The number of carbonyl (C=O) groups excluding carboxylic acids is 2. The van der Waals surface area contributed by atoms with Gasteiger partial charge >= 0.3 is 0 Å². The molecule has 3 aromatic carbocycles. The zero-order valence-corrected chi connectivity index (χ0v) is 15.7. The molecule has 28 heavy (non-hydrogen) atoms. The maximum absolute atomic E-state index is 12.1. The molecule has 0 bridgehead atoms. The highest BCUT2D eigenvalue weighted by Crippen LogP contribution is 2.20. The lowest BCUT2D eigenvalue weighted by molar-refractivity contribution is -0.116. The summed E-state index contributed by atoms with van der Waals surface area (Å²) in [6.07, 6.45) is 3.31. The Morgan fingerprint density at radius 2 is 1.61 bits per heavy atom. The predicted molar refractivity (Wildman–Crippen MR) is 113 cm³/mol. The molecule has 0 saturated carbocycles. The van der Waals surface area contributed by atoms with Crippen LogP contribution in [0.2, 0.25) is 0 Å². The van der Waals surface area contributed by atoms with Gasteiger partial charge in [0, 0.05) is 25.2 Å². The molecule has 4 nitrogen and oxygen atoms in total. The molecule has 0 aliphatic carbocycles. The van der Waals surface area contributed by atoms with Gasteiger partial charge in [0.05, 0.1) is 0 Å². The van der Waals surface area contributed by atoms with Crippen LogP contribution in [0.15, 0.2) is 84.9 Å². The normalized spacial score (nSPS) is 10.6. The van der Waals surface area contributed by atoms with Crippen LogP contribution in [0.4, 0.5) is 0 Å². The second-order valence-corrected chi connectivity index (χ2v) is 6.32. The summed E-state index contributed by atoms with van der Waals surface area (Å²) in [7, 11) is 1.59. The molecule has 140 valence electrons. The molecule has 2 N–H and O–H groups in total. The Labute approximate surface area is 164 Å². The van der Waals surface area contributed by atoms with Gasteiger partial charge in [-0.15, -0.1) is 0 Å². The van der Waals surface area contributed by atoms with E-state index in [9.17, 15) is 9.59 Å². The van der Waals surface area contributed by atoms with Gasteiger partial charge in [0.1, 0.15) is 0 Å². The maximum Gasteiger partial charge on any atom is 0.251 e. The van der Waals surface area contributed by atoms with Crippen LogP contribution in [-0.4, -0.2) is 18.9 Å². The molecule has 0 saturated heterocycles. The first-order chi connectivity index (χ1) is 13.7.